The maximum atomic E-state index is 11.6. The predicted octanol–water partition coefficient (Wildman–Crippen LogP) is 4.02. The molecule has 0 aromatic heterocycles. The van der Waals surface area contributed by atoms with Crippen molar-refractivity contribution in [2.24, 2.45) is 4.99 Å². The molecule has 130 valence electrons. The lowest BCUT2D eigenvalue weighted by Gasteiger charge is -2.17. The molecule has 2 aromatic carbocycles. The Bertz CT molecular complexity index is 958. The minimum absolute atomic E-state index is 0.0697. The highest BCUT2D eigenvalue weighted by atomic mass is 35.5. The molecule has 2 N–H and O–H groups in total. The second kappa shape index (κ2) is 6.90. The van der Waals surface area contributed by atoms with Gasteiger partial charge >= 0.3 is 0 Å². The van der Waals surface area contributed by atoms with Gasteiger partial charge in [-0.3, -0.25) is 15.0 Å². The van der Waals surface area contributed by atoms with Crippen LogP contribution in [0.2, 0.25) is 0 Å². The maximum Gasteiger partial charge on any atom is 0.274 e. The largest absolute Gasteiger partial charge is 0.288 e. The molecule has 0 spiro atoms. The molecule has 1 aliphatic heterocycles. The smallest absolute Gasteiger partial charge is 0.274 e. The summed E-state index contributed by atoms with van der Waals surface area (Å²) in [6, 6.07) is 15.4. The van der Waals surface area contributed by atoms with E-state index in [4.69, 9.17) is 21.8 Å². The number of aliphatic imine (C=N–C) groups is 1. The summed E-state index contributed by atoms with van der Waals surface area (Å²) in [5.74, 6) is -0.531. The number of amides is 1. The molecule has 1 heterocycles. The van der Waals surface area contributed by atoms with E-state index in [1.807, 2.05) is 36.4 Å². The van der Waals surface area contributed by atoms with Crippen molar-refractivity contribution in [3.8, 4) is 0 Å². The number of rotatable bonds is 2. The van der Waals surface area contributed by atoms with Crippen molar-refractivity contribution in [3.05, 3.63) is 93.5 Å². The number of halogens is 1. The fourth-order valence-electron chi connectivity index (χ4n) is 3.44. The zero-order chi connectivity index (χ0) is 18.1. The Hall–Kier alpha value is -2.69. The third-order valence-corrected chi connectivity index (χ3v) is 5.02. The highest BCUT2D eigenvalue weighted by Crippen LogP contribution is 2.31. The number of nitrogens with zero attached hydrogens (tertiary/aromatic N) is 1. The molecule has 5 heteroatoms. The third kappa shape index (κ3) is 3.09. The lowest BCUT2D eigenvalue weighted by molar-refractivity contribution is 0.0706. The van der Waals surface area contributed by atoms with E-state index in [0.29, 0.717) is 5.56 Å². The molecule has 0 saturated heterocycles. The van der Waals surface area contributed by atoms with E-state index in [0.717, 1.165) is 34.7 Å². The lowest BCUT2D eigenvalue weighted by atomic mass is 9.92. The first kappa shape index (κ1) is 16.8. The summed E-state index contributed by atoms with van der Waals surface area (Å²) in [6.45, 7) is 0. The van der Waals surface area contributed by atoms with Crippen molar-refractivity contribution in [1.29, 1.82) is 0 Å². The van der Waals surface area contributed by atoms with Crippen LogP contribution < -0.4 is 5.48 Å². The van der Waals surface area contributed by atoms with Gasteiger partial charge in [-0.05, 0) is 42.2 Å². The van der Waals surface area contributed by atoms with Gasteiger partial charge in [0.2, 0.25) is 0 Å². The molecule has 0 saturated carbocycles. The van der Waals surface area contributed by atoms with Crippen LogP contribution in [0.4, 0.5) is 0 Å². The molecule has 26 heavy (non-hydrogen) atoms. The van der Waals surface area contributed by atoms with E-state index >= 15 is 0 Å². The fourth-order valence-corrected chi connectivity index (χ4v) is 3.67. The number of allylic oxidation sites excluding steroid dienone is 2. The quantitative estimate of drug-likeness (QED) is 0.624. The molecule has 1 atom stereocenters. The Morgan fingerprint density at radius 3 is 2.69 bits per heavy atom. The van der Waals surface area contributed by atoms with Crippen LogP contribution in [-0.2, 0) is 6.42 Å². The first-order chi connectivity index (χ1) is 12.7. The highest BCUT2D eigenvalue weighted by molar-refractivity contribution is 6.31. The molecule has 1 aliphatic carbocycles. The molecule has 1 unspecified atom stereocenters. The van der Waals surface area contributed by atoms with Crippen LogP contribution in [0.5, 0.6) is 0 Å². The van der Waals surface area contributed by atoms with Crippen LogP contribution in [0, 0.1) is 0 Å². The van der Waals surface area contributed by atoms with Gasteiger partial charge in [0, 0.05) is 21.7 Å². The zero-order valence-electron chi connectivity index (χ0n) is 13.9. The number of carbonyl (C=O) groups is 1. The summed E-state index contributed by atoms with van der Waals surface area (Å²) in [6.07, 6.45) is 5.63. The topological polar surface area (TPSA) is 61.7 Å². The fraction of sp³-hybridized carbons (Fsp3) is 0.143. The van der Waals surface area contributed by atoms with Gasteiger partial charge in [-0.15, -0.1) is 0 Å². The van der Waals surface area contributed by atoms with E-state index in [9.17, 15) is 4.79 Å². The van der Waals surface area contributed by atoms with Gasteiger partial charge in [-0.25, -0.2) is 5.48 Å². The lowest BCUT2D eigenvalue weighted by Crippen LogP contribution is -2.18. The van der Waals surface area contributed by atoms with Gasteiger partial charge in [0.05, 0.1) is 11.8 Å². The van der Waals surface area contributed by atoms with Crippen LogP contribution >= 0.6 is 11.6 Å². The van der Waals surface area contributed by atoms with Crippen LogP contribution in [0.1, 0.15) is 33.5 Å². The third-order valence-electron chi connectivity index (χ3n) is 4.76. The molecule has 4 rings (SSSR count). The molecule has 0 fully saturated rings. The van der Waals surface area contributed by atoms with Gasteiger partial charge < -0.3 is 0 Å². The van der Waals surface area contributed by atoms with Crippen molar-refractivity contribution >= 4 is 23.2 Å². The van der Waals surface area contributed by atoms with E-state index in [1.165, 1.54) is 11.1 Å². The van der Waals surface area contributed by atoms with Crippen molar-refractivity contribution in [1.82, 2.24) is 5.48 Å². The van der Waals surface area contributed by atoms with Crippen LogP contribution in [-0.4, -0.2) is 22.9 Å². The van der Waals surface area contributed by atoms with Gasteiger partial charge in [0.25, 0.3) is 5.91 Å². The van der Waals surface area contributed by atoms with Crippen molar-refractivity contribution in [2.75, 3.05) is 0 Å². The van der Waals surface area contributed by atoms with Gasteiger partial charge in [0.15, 0.2) is 0 Å². The molecule has 4 nitrogen and oxygen atoms in total. The SMILES string of the molecule is O=C(NO)c1ccc(C2=NC3CC=C(Cl)C=C3Cc3ccccc32)cc1. The monoisotopic (exact) mass is 364 g/mol. The number of hydroxylamine groups is 1. The summed E-state index contributed by atoms with van der Waals surface area (Å²) in [5.41, 5.74) is 7.42. The van der Waals surface area contributed by atoms with Crippen LogP contribution in [0.15, 0.2) is 76.3 Å². The molecular formula is C21H17ClN2O2. The summed E-state index contributed by atoms with van der Waals surface area (Å²) >= 11 is 6.21. The molecule has 2 aliphatic rings. The molecule has 2 aromatic rings. The average molecular weight is 365 g/mol. The van der Waals surface area contributed by atoms with E-state index in [1.54, 1.807) is 17.6 Å². The normalized spacial score (nSPS) is 18.5. The first-order valence-corrected chi connectivity index (χ1v) is 8.80. The standard InChI is InChI=1S/C21H17ClN2O2/c22-17-9-10-19-16(12-17)11-15-3-1-2-4-18(15)20(23-19)13-5-7-14(8-6-13)21(25)24-26/h1-9,12,19,26H,10-11H2,(H,24,25). The number of hydrogen-bond acceptors (Lipinski definition) is 3. The number of benzene rings is 2. The summed E-state index contributed by atoms with van der Waals surface area (Å²) in [4.78, 5) is 16.6. The number of fused-ring (bicyclic) bond motifs is 2. The first-order valence-electron chi connectivity index (χ1n) is 8.43. The van der Waals surface area contributed by atoms with Crippen molar-refractivity contribution in [3.63, 3.8) is 0 Å². The summed E-state index contributed by atoms with van der Waals surface area (Å²) < 4.78 is 0. The number of carbonyl (C=O) groups excluding carboxylic acids is 1. The summed E-state index contributed by atoms with van der Waals surface area (Å²) in [5, 5.41) is 9.55. The van der Waals surface area contributed by atoms with E-state index in [2.05, 4.69) is 12.1 Å². The number of hydrogen-bond donors (Lipinski definition) is 2. The Labute approximate surface area is 156 Å². The predicted molar refractivity (Wildman–Crippen MR) is 102 cm³/mol. The summed E-state index contributed by atoms with van der Waals surface area (Å²) in [7, 11) is 0. The molecule has 0 radical (unpaired) electrons. The molecular weight excluding hydrogens is 348 g/mol. The zero-order valence-corrected chi connectivity index (χ0v) is 14.7. The van der Waals surface area contributed by atoms with Gasteiger partial charge in [0.1, 0.15) is 0 Å². The Kier molecular flexibility index (Phi) is 4.45. The van der Waals surface area contributed by atoms with Crippen molar-refractivity contribution < 1.29 is 10.0 Å². The van der Waals surface area contributed by atoms with Crippen LogP contribution in [0.25, 0.3) is 0 Å². The van der Waals surface area contributed by atoms with E-state index < -0.39 is 5.91 Å². The Morgan fingerprint density at radius 1 is 1.15 bits per heavy atom. The minimum atomic E-state index is -0.531. The van der Waals surface area contributed by atoms with Gasteiger partial charge in [-0.1, -0.05) is 54.1 Å². The van der Waals surface area contributed by atoms with Gasteiger partial charge in [-0.2, -0.15) is 0 Å². The molecule has 1 amide bonds. The second-order valence-corrected chi connectivity index (χ2v) is 6.83. The Balaban J connectivity index is 1.81. The maximum absolute atomic E-state index is 11.6. The average Bonchev–Trinajstić information content (AvgIpc) is 2.83. The number of nitrogens with one attached hydrogen (secondary N) is 1. The van der Waals surface area contributed by atoms with Crippen molar-refractivity contribution in [2.45, 2.75) is 18.9 Å². The Morgan fingerprint density at radius 2 is 1.92 bits per heavy atom. The minimum Gasteiger partial charge on any atom is -0.288 e. The second-order valence-electron chi connectivity index (χ2n) is 6.39. The molecule has 0 bridgehead atoms. The van der Waals surface area contributed by atoms with Crippen LogP contribution in [0.3, 0.4) is 0 Å². The highest BCUT2D eigenvalue weighted by Gasteiger charge is 2.24. The van der Waals surface area contributed by atoms with E-state index in [-0.39, 0.29) is 6.04 Å².